The van der Waals surface area contributed by atoms with Crippen molar-refractivity contribution < 1.29 is 24.1 Å². The third kappa shape index (κ3) is 3.26. The number of aliphatic carboxylic acids is 2. The predicted molar refractivity (Wildman–Crippen MR) is 30.6 cm³/mol. The zero-order chi connectivity index (χ0) is 8.15. The molecule has 0 saturated heterocycles. The molecule has 0 fully saturated rings. The molecule has 1 unspecified atom stereocenters. The first kappa shape index (κ1) is 9.19. The second-order valence-electron chi connectivity index (χ2n) is 1.51. The SMILES string of the molecule is O=C(O)CC(OCl)C(=O)O. The summed E-state index contributed by atoms with van der Waals surface area (Å²) < 4.78 is 3.81. The normalized spacial score (nSPS) is 12.5. The van der Waals surface area contributed by atoms with E-state index < -0.39 is 24.5 Å². The van der Waals surface area contributed by atoms with Gasteiger partial charge in [-0.2, -0.15) is 0 Å². The minimum absolute atomic E-state index is 0.640. The summed E-state index contributed by atoms with van der Waals surface area (Å²) >= 11 is 4.66. The highest BCUT2D eigenvalue weighted by atomic mass is 35.5. The van der Waals surface area contributed by atoms with Crippen molar-refractivity contribution in [3.63, 3.8) is 0 Å². The summed E-state index contributed by atoms with van der Waals surface area (Å²) in [5, 5.41) is 16.2. The molecule has 0 aliphatic rings. The molecule has 0 saturated carbocycles. The van der Waals surface area contributed by atoms with E-state index in [1.165, 1.54) is 0 Å². The van der Waals surface area contributed by atoms with Crippen LogP contribution in [0.15, 0.2) is 0 Å². The smallest absolute Gasteiger partial charge is 0.335 e. The van der Waals surface area contributed by atoms with Gasteiger partial charge in [-0.1, -0.05) is 0 Å². The lowest BCUT2D eigenvalue weighted by molar-refractivity contribution is -0.151. The monoisotopic (exact) mass is 168 g/mol. The maximum Gasteiger partial charge on any atom is 0.335 e. The molecule has 0 aromatic rings. The number of hydrogen-bond donors (Lipinski definition) is 2. The maximum atomic E-state index is 9.99. The van der Waals surface area contributed by atoms with E-state index in [0.717, 1.165) is 0 Å². The van der Waals surface area contributed by atoms with Crippen LogP contribution in [0.4, 0.5) is 0 Å². The van der Waals surface area contributed by atoms with Gasteiger partial charge in [0.15, 0.2) is 6.10 Å². The number of hydrogen-bond acceptors (Lipinski definition) is 3. The number of carbonyl (C=O) groups is 2. The summed E-state index contributed by atoms with van der Waals surface area (Å²) in [7, 11) is 0. The Balaban J connectivity index is 3.83. The molecule has 0 radical (unpaired) electrons. The fourth-order valence-electron chi connectivity index (χ4n) is 0.316. The van der Waals surface area contributed by atoms with Gasteiger partial charge in [0, 0.05) is 0 Å². The van der Waals surface area contributed by atoms with Crippen LogP contribution in [0.25, 0.3) is 0 Å². The van der Waals surface area contributed by atoms with E-state index >= 15 is 0 Å². The molecule has 0 spiro atoms. The molecule has 0 aliphatic carbocycles. The highest BCUT2D eigenvalue weighted by Gasteiger charge is 2.20. The van der Waals surface area contributed by atoms with Gasteiger partial charge >= 0.3 is 11.9 Å². The zero-order valence-corrected chi connectivity index (χ0v) is 5.54. The summed E-state index contributed by atoms with van der Waals surface area (Å²) in [5.41, 5.74) is 0. The molecule has 58 valence electrons. The third-order valence-electron chi connectivity index (χ3n) is 0.743. The van der Waals surface area contributed by atoms with E-state index in [4.69, 9.17) is 10.2 Å². The molecule has 10 heavy (non-hydrogen) atoms. The Morgan fingerprint density at radius 3 is 2.10 bits per heavy atom. The van der Waals surface area contributed by atoms with Crippen LogP contribution in [-0.4, -0.2) is 28.3 Å². The summed E-state index contributed by atoms with van der Waals surface area (Å²) in [6.07, 6.45) is -2.11. The lowest BCUT2D eigenvalue weighted by Crippen LogP contribution is -2.23. The Morgan fingerprint density at radius 1 is 1.50 bits per heavy atom. The van der Waals surface area contributed by atoms with Crippen LogP contribution in [0.1, 0.15) is 6.42 Å². The van der Waals surface area contributed by atoms with Gasteiger partial charge in [-0.3, -0.25) is 9.08 Å². The highest BCUT2D eigenvalue weighted by Crippen LogP contribution is 2.00. The van der Waals surface area contributed by atoms with E-state index in [2.05, 4.69) is 16.2 Å². The standard InChI is InChI=1S/C4H5ClO5/c5-10-2(4(8)9)1-3(6)7/h2H,1H2,(H,6,7)(H,8,9). The average Bonchev–Trinajstić information content (AvgIpc) is 1.81. The molecular formula is C4H5ClO5. The Hall–Kier alpha value is -0.810. The number of halogens is 1. The molecule has 0 heterocycles. The van der Waals surface area contributed by atoms with Crippen LogP contribution in [0.3, 0.4) is 0 Å². The zero-order valence-electron chi connectivity index (χ0n) is 4.78. The first-order chi connectivity index (χ1) is 4.57. The van der Waals surface area contributed by atoms with Crippen LogP contribution < -0.4 is 0 Å². The van der Waals surface area contributed by atoms with Crippen molar-refractivity contribution in [1.82, 2.24) is 0 Å². The van der Waals surface area contributed by atoms with E-state index in [9.17, 15) is 9.59 Å². The van der Waals surface area contributed by atoms with Crippen LogP contribution in [0, 0.1) is 0 Å². The summed E-state index contributed by atoms with van der Waals surface area (Å²) in [6, 6.07) is 0. The minimum atomic E-state index is -1.47. The van der Waals surface area contributed by atoms with Gasteiger partial charge in [-0.15, -0.1) is 0 Å². The summed E-state index contributed by atoms with van der Waals surface area (Å²) in [6.45, 7) is 0. The molecule has 1 atom stereocenters. The molecule has 0 aromatic heterocycles. The fourth-order valence-corrected chi connectivity index (χ4v) is 0.455. The molecule has 0 aliphatic heterocycles. The van der Waals surface area contributed by atoms with Gasteiger partial charge in [0.1, 0.15) is 0 Å². The van der Waals surface area contributed by atoms with Gasteiger partial charge in [-0.25, -0.2) is 4.79 Å². The van der Waals surface area contributed by atoms with Crippen LogP contribution in [0.2, 0.25) is 0 Å². The molecule has 0 aromatic carbocycles. The molecule has 5 nitrogen and oxygen atoms in total. The Kier molecular flexibility index (Phi) is 3.75. The molecule has 0 rings (SSSR count). The van der Waals surface area contributed by atoms with Crippen molar-refractivity contribution in [3.8, 4) is 0 Å². The Bertz CT molecular complexity index is 145. The van der Waals surface area contributed by atoms with E-state index in [1.807, 2.05) is 0 Å². The lowest BCUT2D eigenvalue weighted by Gasteiger charge is -2.02. The minimum Gasteiger partial charge on any atom is -0.481 e. The first-order valence-corrected chi connectivity index (χ1v) is 2.60. The maximum absolute atomic E-state index is 9.99. The largest absolute Gasteiger partial charge is 0.481 e. The Labute approximate surface area is 61.3 Å². The van der Waals surface area contributed by atoms with Gasteiger partial charge < -0.3 is 10.2 Å². The van der Waals surface area contributed by atoms with E-state index in [1.54, 1.807) is 0 Å². The predicted octanol–water partition coefficient (Wildman–Crippen LogP) is 0.0847. The highest BCUT2D eigenvalue weighted by molar-refractivity contribution is 6.08. The van der Waals surface area contributed by atoms with Crippen molar-refractivity contribution in [1.29, 1.82) is 0 Å². The van der Waals surface area contributed by atoms with Gasteiger partial charge in [0.05, 0.1) is 18.3 Å². The van der Waals surface area contributed by atoms with Crippen LogP contribution >= 0.6 is 11.9 Å². The fraction of sp³-hybridized carbons (Fsp3) is 0.500. The van der Waals surface area contributed by atoms with Crippen molar-refractivity contribution >= 4 is 23.8 Å². The number of carboxylic acid groups (broad SMARTS) is 2. The van der Waals surface area contributed by atoms with Crippen molar-refractivity contribution in [2.75, 3.05) is 0 Å². The van der Waals surface area contributed by atoms with Crippen molar-refractivity contribution in [2.45, 2.75) is 12.5 Å². The topological polar surface area (TPSA) is 83.8 Å². The number of carboxylic acids is 2. The van der Waals surface area contributed by atoms with Gasteiger partial charge in [-0.05, 0) is 0 Å². The second-order valence-corrected chi connectivity index (χ2v) is 1.69. The lowest BCUT2D eigenvalue weighted by atomic mass is 10.3. The molecule has 0 amide bonds. The number of rotatable bonds is 4. The van der Waals surface area contributed by atoms with Crippen molar-refractivity contribution in [2.24, 2.45) is 0 Å². The van der Waals surface area contributed by atoms with Crippen molar-refractivity contribution in [3.05, 3.63) is 0 Å². The van der Waals surface area contributed by atoms with E-state index in [-0.39, 0.29) is 0 Å². The molecule has 0 bridgehead atoms. The summed E-state index contributed by atoms with van der Waals surface area (Å²) in [5.74, 6) is -2.66. The molecular weight excluding hydrogens is 163 g/mol. The Morgan fingerprint density at radius 2 is 2.00 bits per heavy atom. The third-order valence-corrected chi connectivity index (χ3v) is 0.958. The average molecular weight is 169 g/mol. The second kappa shape index (κ2) is 4.08. The molecule has 6 heteroatoms. The quantitative estimate of drug-likeness (QED) is 0.621. The molecule has 2 N–H and O–H groups in total. The van der Waals surface area contributed by atoms with E-state index in [0.29, 0.717) is 0 Å². The van der Waals surface area contributed by atoms with Crippen LogP contribution in [0.5, 0.6) is 0 Å². The van der Waals surface area contributed by atoms with Gasteiger partial charge in [0.2, 0.25) is 0 Å². The summed E-state index contributed by atoms with van der Waals surface area (Å²) in [4.78, 5) is 19.9. The van der Waals surface area contributed by atoms with Crippen LogP contribution in [-0.2, 0) is 13.9 Å². The first-order valence-electron chi connectivity index (χ1n) is 2.30. The van der Waals surface area contributed by atoms with Gasteiger partial charge in [0.25, 0.3) is 0 Å².